The lowest BCUT2D eigenvalue weighted by atomic mass is 10.5. The van der Waals surface area contributed by atoms with Crippen LogP contribution in [0, 0.1) is 0 Å². The van der Waals surface area contributed by atoms with Crippen LogP contribution in [0.1, 0.15) is 19.8 Å². The molecule has 62 valence electrons. The van der Waals surface area contributed by atoms with Crippen molar-refractivity contribution in [3.63, 3.8) is 0 Å². The van der Waals surface area contributed by atoms with Crippen molar-refractivity contribution < 1.29 is 14.6 Å². The smallest absolute Gasteiger partial charge is 0.143 e. The summed E-state index contributed by atoms with van der Waals surface area (Å²) in [7, 11) is 0. The van der Waals surface area contributed by atoms with Crippen molar-refractivity contribution in [2.24, 2.45) is 0 Å². The Morgan fingerprint density at radius 2 is 1.80 bits per heavy atom. The van der Waals surface area contributed by atoms with Crippen LogP contribution in [0.5, 0.6) is 0 Å². The highest BCUT2D eigenvalue weighted by atomic mass is 16.6. The molecule has 0 aliphatic rings. The van der Waals surface area contributed by atoms with Crippen LogP contribution in [-0.4, -0.2) is 31.7 Å². The fraction of sp³-hybridized carbons (Fsp3) is 1.00. The van der Waals surface area contributed by atoms with Gasteiger partial charge in [0.15, 0.2) is 0 Å². The third-order valence-electron chi connectivity index (χ3n) is 1.02. The zero-order valence-electron chi connectivity index (χ0n) is 6.51. The molecule has 0 rings (SSSR count). The molecule has 0 atom stereocenters. The van der Waals surface area contributed by atoms with Crippen LogP contribution in [0.3, 0.4) is 0 Å². The van der Waals surface area contributed by atoms with Crippen molar-refractivity contribution in [3.8, 4) is 0 Å². The Hall–Kier alpha value is -0.120. The third-order valence-corrected chi connectivity index (χ3v) is 1.02. The number of aliphatic hydroxyl groups is 1. The summed E-state index contributed by atoms with van der Waals surface area (Å²) in [6.45, 7) is 4.02. The molecule has 0 bridgehead atoms. The van der Waals surface area contributed by atoms with Gasteiger partial charge in [-0.25, -0.2) is 0 Å². The Bertz CT molecular complexity index is 48.8. The summed E-state index contributed by atoms with van der Waals surface area (Å²) in [4.78, 5) is 0. The molecule has 3 heteroatoms. The van der Waals surface area contributed by atoms with Crippen molar-refractivity contribution in [3.05, 3.63) is 0 Å². The van der Waals surface area contributed by atoms with Crippen LogP contribution >= 0.6 is 0 Å². The third kappa shape index (κ3) is 7.88. The summed E-state index contributed by atoms with van der Waals surface area (Å²) < 4.78 is 9.86. The fourth-order valence-electron chi connectivity index (χ4n) is 0.574. The first kappa shape index (κ1) is 9.88. The first-order chi connectivity index (χ1) is 4.91. The zero-order valence-corrected chi connectivity index (χ0v) is 6.51. The van der Waals surface area contributed by atoms with E-state index in [9.17, 15) is 0 Å². The van der Waals surface area contributed by atoms with Gasteiger partial charge in [0.1, 0.15) is 6.79 Å². The molecule has 0 unspecified atom stereocenters. The highest BCUT2D eigenvalue weighted by molar-refractivity contribution is 4.32. The normalized spacial score (nSPS) is 10.2. The van der Waals surface area contributed by atoms with Crippen LogP contribution in [0.4, 0.5) is 0 Å². The molecule has 10 heavy (non-hydrogen) atoms. The number of rotatable bonds is 7. The summed E-state index contributed by atoms with van der Waals surface area (Å²) in [5.41, 5.74) is 0. The Balaban J connectivity index is 2.65. The second kappa shape index (κ2) is 8.88. The molecule has 0 amide bonds. The Kier molecular flexibility index (Phi) is 8.77. The van der Waals surface area contributed by atoms with Gasteiger partial charge in [0, 0.05) is 13.2 Å². The van der Waals surface area contributed by atoms with Crippen LogP contribution in [0.25, 0.3) is 0 Å². The van der Waals surface area contributed by atoms with E-state index in [-0.39, 0.29) is 6.79 Å². The predicted octanol–water partition coefficient (Wildman–Crippen LogP) is 0.769. The van der Waals surface area contributed by atoms with E-state index < -0.39 is 0 Å². The average molecular weight is 148 g/mol. The van der Waals surface area contributed by atoms with Gasteiger partial charge in [-0.1, -0.05) is 6.92 Å². The Labute approximate surface area is 62.0 Å². The summed E-state index contributed by atoms with van der Waals surface area (Å²) in [5.74, 6) is 0. The van der Waals surface area contributed by atoms with Gasteiger partial charge >= 0.3 is 0 Å². The first-order valence-electron chi connectivity index (χ1n) is 3.68. The van der Waals surface area contributed by atoms with Crippen LogP contribution in [0.2, 0.25) is 0 Å². The SMILES string of the molecule is CCCOCCCOCO. The maximum absolute atomic E-state index is 8.21. The second-order valence-corrected chi connectivity index (χ2v) is 2.00. The van der Waals surface area contributed by atoms with Gasteiger partial charge < -0.3 is 14.6 Å². The van der Waals surface area contributed by atoms with Crippen molar-refractivity contribution >= 4 is 0 Å². The monoisotopic (exact) mass is 148 g/mol. The minimum absolute atomic E-state index is 0.187. The highest BCUT2D eigenvalue weighted by Gasteiger charge is 1.86. The van der Waals surface area contributed by atoms with Crippen molar-refractivity contribution in [1.29, 1.82) is 0 Å². The second-order valence-electron chi connectivity index (χ2n) is 2.00. The quantitative estimate of drug-likeness (QED) is 0.428. The van der Waals surface area contributed by atoms with E-state index >= 15 is 0 Å². The van der Waals surface area contributed by atoms with E-state index in [0.29, 0.717) is 6.61 Å². The molecule has 0 heterocycles. The summed E-state index contributed by atoms with van der Waals surface area (Å²) >= 11 is 0. The molecule has 1 N–H and O–H groups in total. The molecular weight excluding hydrogens is 132 g/mol. The molecule has 0 aromatic heterocycles. The lowest BCUT2D eigenvalue weighted by Crippen LogP contribution is -2.01. The summed E-state index contributed by atoms with van der Waals surface area (Å²) in [6, 6.07) is 0. The molecule has 0 saturated heterocycles. The first-order valence-corrected chi connectivity index (χ1v) is 3.68. The Morgan fingerprint density at radius 1 is 1.10 bits per heavy atom. The maximum atomic E-state index is 8.21. The average Bonchev–Trinajstić information content (AvgIpc) is 1.97. The molecule has 3 nitrogen and oxygen atoms in total. The molecule has 0 spiro atoms. The van der Waals surface area contributed by atoms with Crippen LogP contribution < -0.4 is 0 Å². The van der Waals surface area contributed by atoms with E-state index in [0.717, 1.165) is 26.1 Å². The summed E-state index contributed by atoms with van der Waals surface area (Å²) in [6.07, 6.45) is 1.92. The lowest BCUT2D eigenvalue weighted by molar-refractivity contribution is -0.0106. The number of hydrogen-bond acceptors (Lipinski definition) is 3. The van der Waals surface area contributed by atoms with E-state index in [2.05, 4.69) is 11.7 Å². The molecule has 0 aliphatic carbocycles. The Morgan fingerprint density at radius 3 is 2.40 bits per heavy atom. The van der Waals surface area contributed by atoms with Gasteiger partial charge in [0.2, 0.25) is 0 Å². The lowest BCUT2D eigenvalue weighted by Gasteiger charge is -2.01. The predicted molar refractivity (Wildman–Crippen MR) is 38.8 cm³/mol. The minimum atomic E-state index is -0.187. The van der Waals surface area contributed by atoms with Crippen molar-refractivity contribution in [2.75, 3.05) is 26.6 Å². The maximum Gasteiger partial charge on any atom is 0.143 e. The van der Waals surface area contributed by atoms with Crippen molar-refractivity contribution in [1.82, 2.24) is 0 Å². The topological polar surface area (TPSA) is 38.7 Å². The standard InChI is InChI=1S/C7H16O3/c1-2-4-9-5-3-6-10-7-8/h8H,2-7H2,1H3. The summed E-state index contributed by atoms with van der Waals surface area (Å²) in [5, 5.41) is 8.21. The minimum Gasteiger partial charge on any atom is -0.381 e. The molecule has 0 radical (unpaired) electrons. The van der Waals surface area contributed by atoms with Gasteiger partial charge in [0.25, 0.3) is 0 Å². The molecule has 0 fully saturated rings. The van der Waals surface area contributed by atoms with E-state index in [1.165, 1.54) is 0 Å². The van der Waals surface area contributed by atoms with Gasteiger partial charge in [-0.15, -0.1) is 0 Å². The number of hydrogen-bond donors (Lipinski definition) is 1. The van der Waals surface area contributed by atoms with Crippen molar-refractivity contribution in [2.45, 2.75) is 19.8 Å². The number of aliphatic hydroxyl groups excluding tert-OH is 1. The highest BCUT2D eigenvalue weighted by Crippen LogP contribution is 1.85. The largest absolute Gasteiger partial charge is 0.381 e. The molecular formula is C7H16O3. The molecule has 0 saturated carbocycles. The van der Waals surface area contributed by atoms with Gasteiger partial charge in [-0.05, 0) is 12.8 Å². The van der Waals surface area contributed by atoms with E-state index in [1.807, 2.05) is 0 Å². The van der Waals surface area contributed by atoms with Gasteiger partial charge in [-0.2, -0.15) is 0 Å². The van der Waals surface area contributed by atoms with Crippen LogP contribution in [0.15, 0.2) is 0 Å². The molecule has 0 aromatic rings. The van der Waals surface area contributed by atoms with Crippen LogP contribution in [-0.2, 0) is 9.47 Å². The molecule has 0 aliphatic heterocycles. The van der Waals surface area contributed by atoms with E-state index in [1.54, 1.807) is 0 Å². The van der Waals surface area contributed by atoms with Gasteiger partial charge in [-0.3, -0.25) is 0 Å². The fourth-order valence-corrected chi connectivity index (χ4v) is 0.574. The molecule has 0 aromatic carbocycles. The number of ether oxygens (including phenoxy) is 2. The zero-order chi connectivity index (χ0) is 7.66. The van der Waals surface area contributed by atoms with Gasteiger partial charge in [0.05, 0.1) is 6.61 Å². The van der Waals surface area contributed by atoms with E-state index in [4.69, 9.17) is 9.84 Å².